The van der Waals surface area contributed by atoms with Crippen LogP contribution in [0.4, 0.5) is 5.82 Å². The molecule has 6 nitrogen and oxygen atoms in total. The lowest BCUT2D eigenvalue weighted by molar-refractivity contribution is -0.118. The number of carbonyl (C=O) groups is 1. The van der Waals surface area contributed by atoms with Crippen LogP contribution in [0, 0.1) is 0 Å². The number of ether oxygens (including phenoxy) is 1. The van der Waals surface area contributed by atoms with E-state index in [1.54, 1.807) is 13.2 Å². The Bertz CT molecular complexity index is 325. The summed E-state index contributed by atoms with van der Waals surface area (Å²) in [5.41, 5.74) is 0. The van der Waals surface area contributed by atoms with Gasteiger partial charge in [-0.3, -0.25) is 4.79 Å². The predicted molar refractivity (Wildman–Crippen MR) is 52.3 cm³/mol. The van der Waals surface area contributed by atoms with Crippen molar-refractivity contribution < 1.29 is 14.1 Å². The Hall–Kier alpha value is -1.40. The van der Waals surface area contributed by atoms with E-state index in [1.807, 2.05) is 0 Å². The molecule has 2 atom stereocenters. The average molecular weight is 211 g/mol. The van der Waals surface area contributed by atoms with Gasteiger partial charge in [-0.15, -0.1) is 0 Å². The van der Waals surface area contributed by atoms with Crippen molar-refractivity contribution in [3.8, 4) is 0 Å². The van der Waals surface area contributed by atoms with Gasteiger partial charge in [0.15, 0.2) is 5.82 Å². The first-order valence-electron chi connectivity index (χ1n) is 4.77. The van der Waals surface area contributed by atoms with Gasteiger partial charge in [0.1, 0.15) is 6.26 Å². The summed E-state index contributed by atoms with van der Waals surface area (Å²) in [6.45, 7) is 0.702. The summed E-state index contributed by atoms with van der Waals surface area (Å²) in [6.07, 6.45) is 2.20. The summed E-state index contributed by atoms with van der Waals surface area (Å²) in [6, 6.07) is 1.38. The van der Waals surface area contributed by atoms with Crippen molar-refractivity contribution in [3.05, 3.63) is 12.3 Å². The average Bonchev–Trinajstić information content (AvgIpc) is 2.86. The van der Waals surface area contributed by atoms with Crippen molar-refractivity contribution in [1.29, 1.82) is 0 Å². The predicted octanol–water partition coefficient (Wildman–Crippen LogP) is -0.0100. The molecular weight excluding hydrogens is 198 g/mol. The fraction of sp³-hybridized carbons (Fsp3) is 0.556. The van der Waals surface area contributed by atoms with Crippen molar-refractivity contribution in [2.75, 3.05) is 19.0 Å². The number of carbonyl (C=O) groups excluding carboxylic acids is 1. The van der Waals surface area contributed by atoms with E-state index in [-0.39, 0.29) is 18.1 Å². The maximum Gasteiger partial charge on any atom is 0.242 e. The summed E-state index contributed by atoms with van der Waals surface area (Å²) in [5.74, 6) is 0.325. The Morgan fingerprint density at radius 2 is 2.67 bits per heavy atom. The molecule has 2 rings (SSSR count). The lowest BCUT2D eigenvalue weighted by atomic mass is 10.2. The highest BCUT2D eigenvalue weighted by Crippen LogP contribution is 2.11. The minimum atomic E-state index is -0.216. The second-order valence-electron chi connectivity index (χ2n) is 3.43. The quantitative estimate of drug-likeness (QED) is 0.735. The third-order valence-corrected chi connectivity index (χ3v) is 2.43. The monoisotopic (exact) mass is 211 g/mol. The van der Waals surface area contributed by atoms with Gasteiger partial charge in [0, 0.05) is 19.7 Å². The standard InChI is InChI=1S/C9H13N3O3/c1-14-6-4-7(10-5-6)9(13)11-8-2-3-15-12-8/h2-3,6-7,10H,4-5H2,1H3,(H,11,12,13). The van der Waals surface area contributed by atoms with Gasteiger partial charge in [-0.2, -0.15) is 0 Å². The second kappa shape index (κ2) is 4.41. The van der Waals surface area contributed by atoms with Gasteiger partial charge in [0.2, 0.25) is 5.91 Å². The Morgan fingerprint density at radius 3 is 3.27 bits per heavy atom. The van der Waals surface area contributed by atoms with Crippen molar-refractivity contribution >= 4 is 11.7 Å². The molecule has 0 aliphatic carbocycles. The van der Waals surface area contributed by atoms with Crippen LogP contribution < -0.4 is 10.6 Å². The molecule has 1 aliphatic heterocycles. The van der Waals surface area contributed by atoms with E-state index in [1.165, 1.54) is 6.26 Å². The van der Waals surface area contributed by atoms with Gasteiger partial charge in [0.25, 0.3) is 0 Å². The van der Waals surface area contributed by atoms with Crippen LogP contribution in [-0.2, 0) is 9.53 Å². The molecule has 0 bridgehead atoms. The molecule has 15 heavy (non-hydrogen) atoms. The van der Waals surface area contributed by atoms with Gasteiger partial charge in [0.05, 0.1) is 12.1 Å². The van der Waals surface area contributed by atoms with Crippen LogP contribution in [0.2, 0.25) is 0 Å². The number of nitrogens with zero attached hydrogens (tertiary/aromatic N) is 1. The molecule has 0 radical (unpaired) electrons. The number of hydrogen-bond acceptors (Lipinski definition) is 5. The first-order valence-corrected chi connectivity index (χ1v) is 4.77. The molecule has 1 amide bonds. The number of rotatable bonds is 3. The van der Waals surface area contributed by atoms with Crippen molar-refractivity contribution in [2.24, 2.45) is 0 Å². The van der Waals surface area contributed by atoms with Crippen LogP contribution in [0.1, 0.15) is 6.42 Å². The number of amides is 1. The second-order valence-corrected chi connectivity index (χ2v) is 3.43. The maximum atomic E-state index is 11.7. The van der Waals surface area contributed by atoms with E-state index < -0.39 is 0 Å². The van der Waals surface area contributed by atoms with E-state index in [4.69, 9.17) is 4.74 Å². The Balaban J connectivity index is 1.87. The van der Waals surface area contributed by atoms with Gasteiger partial charge < -0.3 is 19.9 Å². The summed E-state index contributed by atoms with van der Waals surface area (Å²) < 4.78 is 9.76. The number of hydrogen-bond donors (Lipinski definition) is 2. The molecule has 0 aromatic carbocycles. The molecule has 0 saturated carbocycles. The Morgan fingerprint density at radius 1 is 1.80 bits per heavy atom. The maximum absolute atomic E-state index is 11.7. The highest BCUT2D eigenvalue weighted by molar-refractivity contribution is 5.94. The molecular formula is C9H13N3O3. The van der Waals surface area contributed by atoms with Crippen LogP contribution in [0.15, 0.2) is 16.9 Å². The summed E-state index contributed by atoms with van der Waals surface area (Å²) >= 11 is 0. The van der Waals surface area contributed by atoms with Gasteiger partial charge in [-0.1, -0.05) is 5.16 Å². The first kappa shape index (κ1) is 10.1. The van der Waals surface area contributed by atoms with Crippen LogP contribution in [0.25, 0.3) is 0 Å². The van der Waals surface area contributed by atoms with Gasteiger partial charge >= 0.3 is 0 Å². The molecule has 2 N–H and O–H groups in total. The zero-order valence-corrected chi connectivity index (χ0v) is 8.40. The van der Waals surface area contributed by atoms with E-state index in [0.717, 1.165) is 0 Å². The van der Waals surface area contributed by atoms with Crippen molar-refractivity contribution in [2.45, 2.75) is 18.6 Å². The smallest absolute Gasteiger partial charge is 0.242 e. The van der Waals surface area contributed by atoms with Crippen LogP contribution in [0.5, 0.6) is 0 Å². The number of methoxy groups -OCH3 is 1. The molecule has 1 fully saturated rings. The molecule has 0 spiro atoms. The fourth-order valence-corrected chi connectivity index (χ4v) is 1.57. The van der Waals surface area contributed by atoms with Crippen LogP contribution >= 0.6 is 0 Å². The topological polar surface area (TPSA) is 76.4 Å². The summed E-state index contributed by atoms with van der Waals surface area (Å²) in [4.78, 5) is 11.7. The van der Waals surface area contributed by atoms with Crippen molar-refractivity contribution in [3.63, 3.8) is 0 Å². The Kier molecular flexibility index (Phi) is 2.98. The molecule has 1 aromatic rings. The molecule has 2 unspecified atom stereocenters. The largest absolute Gasteiger partial charge is 0.380 e. The molecule has 2 heterocycles. The van der Waals surface area contributed by atoms with E-state index in [2.05, 4.69) is 20.3 Å². The highest BCUT2D eigenvalue weighted by Gasteiger charge is 2.29. The minimum Gasteiger partial charge on any atom is -0.380 e. The first-order chi connectivity index (χ1) is 7.29. The lowest BCUT2D eigenvalue weighted by Gasteiger charge is -2.08. The molecule has 1 saturated heterocycles. The minimum absolute atomic E-state index is 0.108. The third kappa shape index (κ3) is 2.34. The number of anilines is 1. The highest BCUT2D eigenvalue weighted by atomic mass is 16.5. The van der Waals surface area contributed by atoms with Crippen LogP contribution in [-0.4, -0.2) is 36.9 Å². The van der Waals surface area contributed by atoms with E-state index >= 15 is 0 Å². The van der Waals surface area contributed by atoms with Gasteiger partial charge in [-0.25, -0.2) is 0 Å². The normalized spacial score (nSPS) is 25.4. The molecule has 1 aliphatic rings. The van der Waals surface area contributed by atoms with E-state index in [9.17, 15) is 4.79 Å². The SMILES string of the molecule is COC1CNC(C(=O)Nc2ccon2)C1. The summed E-state index contributed by atoms with van der Waals surface area (Å²) in [5, 5.41) is 9.32. The molecule has 82 valence electrons. The third-order valence-electron chi connectivity index (χ3n) is 2.43. The summed E-state index contributed by atoms with van der Waals surface area (Å²) in [7, 11) is 1.64. The van der Waals surface area contributed by atoms with Gasteiger partial charge in [-0.05, 0) is 6.42 Å². The number of aromatic nitrogens is 1. The van der Waals surface area contributed by atoms with E-state index in [0.29, 0.717) is 18.8 Å². The molecule has 1 aromatic heterocycles. The van der Waals surface area contributed by atoms with Crippen molar-refractivity contribution in [1.82, 2.24) is 10.5 Å². The lowest BCUT2D eigenvalue weighted by Crippen LogP contribution is -2.35. The zero-order valence-electron chi connectivity index (χ0n) is 8.40. The molecule has 6 heteroatoms. The zero-order chi connectivity index (χ0) is 10.7. The fourth-order valence-electron chi connectivity index (χ4n) is 1.57. The van der Waals surface area contributed by atoms with Crippen LogP contribution in [0.3, 0.4) is 0 Å². The Labute approximate surface area is 87.0 Å². The number of nitrogens with one attached hydrogen (secondary N) is 2.